The number of ether oxygens (including phenoxy) is 1. The fourth-order valence-corrected chi connectivity index (χ4v) is 3.83. The Labute approximate surface area is 189 Å². The molecule has 1 fully saturated rings. The van der Waals surface area contributed by atoms with Crippen LogP contribution >= 0.6 is 11.8 Å². The number of carboxylic acid groups (broad SMARTS) is 1. The van der Waals surface area contributed by atoms with E-state index < -0.39 is 5.97 Å². The van der Waals surface area contributed by atoms with Gasteiger partial charge in [0.2, 0.25) is 0 Å². The lowest BCUT2D eigenvalue weighted by Gasteiger charge is -2.07. The summed E-state index contributed by atoms with van der Waals surface area (Å²) in [7, 11) is 0. The van der Waals surface area contributed by atoms with Crippen molar-refractivity contribution < 1.29 is 19.4 Å². The first kappa shape index (κ1) is 21.4. The van der Waals surface area contributed by atoms with Crippen LogP contribution in [0.15, 0.2) is 82.7 Å². The zero-order chi connectivity index (χ0) is 22.5. The van der Waals surface area contributed by atoms with Gasteiger partial charge in [0.25, 0.3) is 5.91 Å². The molecule has 0 radical (unpaired) electrons. The maximum atomic E-state index is 12.3. The second-order valence-corrected chi connectivity index (χ2v) is 8.21. The van der Waals surface area contributed by atoms with Crippen molar-refractivity contribution in [2.45, 2.75) is 13.5 Å². The van der Waals surface area contributed by atoms with Gasteiger partial charge in [-0.3, -0.25) is 4.79 Å². The summed E-state index contributed by atoms with van der Waals surface area (Å²) in [6.45, 7) is 2.27. The molecule has 160 valence electrons. The molecule has 1 amide bonds. The molecule has 0 aromatic heterocycles. The van der Waals surface area contributed by atoms with Gasteiger partial charge in [-0.1, -0.05) is 42.0 Å². The first-order valence-corrected chi connectivity index (χ1v) is 10.7. The van der Waals surface area contributed by atoms with Crippen molar-refractivity contribution in [3.05, 3.63) is 100.0 Å². The van der Waals surface area contributed by atoms with E-state index >= 15 is 0 Å². The number of nitrogens with zero attached hydrogens (tertiary/aromatic N) is 1. The standard InChI is InChI=1S/C25H20N2O4S/c1-16-5-9-20(10-6-16)26-25-27-23(28)22(32-25)14-17-7-11-21(12-8-17)31-15-18-3-2-4-19(13-18)24(29)30/h2-14H,15H2,1H3,(H,29,30)(H,26,27,28)/b22-14-. The van der Waals surface area contributed by atoms with Gasteiger partial charge in [-0.05, 0) is 72.3 Å². The molecule has 3 aromatic carbocycles. The zero-order valence-electron chi connectivity index (χ0n) is 17.2. The lowest BCUT2D eigenvalue weighted by atomic mass is 10.1. The van der Waals surface area contributed by atoms with E-state index in [4.69, 9.17) is 9.84 Å². The van der Waals surface area contributed by atoms with E-state index in [9.17, 15) is 9.59 Å². The Hall–Kier alpha value is -3.84. The number of thioether (sulfide) groups is 1. The van der Waals surface area contributed by atoms with Crippen molar-refractivity contribution in [1.29, 1.82) is 0 Å². The van der Waals surface area contributed by atoms with Gasteiger partial charge in [0.15, 0.2) is 5.17 Å². The molecule has 3 aromatic rings. The van der Waals surface area contributed by atoms with Crippen LogP contribution in [-0.4, -0.2) is 22.2 Å². The second kappa shape index (κ2) is 9.53. The molecule has 1 saturated heterocycles. The van der Waals surface area contributed by atoms with Crippen LogP contribution in [0.2, 0.25) is 0 Å². The topological polar surface area (TPSA) is 88.0 Å². The molecular formula is C25H20N2O4S. The van der Waals surface area contributed by atoms with Crippen LogP contribution in [-0.2, 0) is 11.4 Å². The Balaban J connectivity index is 1.39. The third-order valence-electron chi connectivity index (χ3n) is 4.67. The molecule has 1 aliphatic rings. The van der Waals surface area contributed by atoms with E-state index in [-0.39, 0.29) is 18.1 Å². The smallest absolute Gasteiger partial charge is 0.335 e. The first-order chi connectivity index (χ1) is 15.5. The minimum atomic E-state index is -0.967. The van der Waals surface area contributed by atoms with Gasteiger partial charge in [0.1, 0.15) is 12.4 Å². The van der Waals surface area contributed by atoms with E-state index in [1.165, 1.54) is 11.8 Å². The van der Waals surface area contributed by atoms with Crippen LogP contribution < -0.4 is 10.1 Å². The van der Waals surface area contributed by atoms with E-state index in [2.05, 4.69) is 10.3 Å². The minimum Gasteiger partial charge on any atom is -0.489 e. The maximum absolute atomic E-state index is 12.3. The molecule has 1 aliphatic heterocycles. The number of hydrogen-bond donors (Lipinski definition) is 2. The number of amides is 1. The van der Waals surface area contributed by atoms with Gasteiger partial charge in [-0.15, -0.1) is 0 Å². The molecular weight excluding hydrogens is 424 g/mol. The summed E-state index contributed by atoms with van der Waals surface area (Å²) in [6, 6.07) is 21.8. The van der Waals surface area contributed by atoms with Gasteiger partial charge >= 0.3 is 5.97 Å². The van der Waals surface area contributed by atoms with Gasteiger partial charge in [0.05, 0.1) is 16.2 Å². The number of aromatic carboxylic acids is 1. The number of hydrogen-bond acceptors (Lipinski definition) is 5. The van der Waals surface area contributed by atoms with Crippen LogP contribution in [0, 0.1) is 6.92 Å². The van der Waals surface area contributed by atoms with Gasteiger partial charge in [0, 0.05) is 0 Å². The van der Waals surface area contributed by atoms with Crippen molar-refractivity contribution in [2.75, 3.05) is 0 Å². The third-order valence-corrected chi connectivity index (χ3v) is 5.58. The molecule has 0 aliphatic carbocycles. The van der Waals surface area contributed by atoms with E-state index in [0.717, 1.165) is 22.4 Å². The predicted molar refractivity (Wildman–Crippen MR) is 126 cm³/mol. The Kier molecular flexibility index (Phi) is 6.37. The van der Waals surface area contributed by atoms with Gasteiger partial charge < -0.3 is 15.2 Å². The van der Waals surface area contributed by atoms with Crippen molar-refractivity contribution in [3.8, 4) is 5.75 Å². The number of carbonyl (C=O) groups excluding carboxylic acids is 1. The van der Waals surface area contributed by atoms with Crippen molar-refractivity contribution in [1.82, 2.24) is 5.32 Å². The van der Waals surface area contributed by atoms with Crippen LogP contribution in [0.5, 0.6) is 5.75 Å². The summed E-state index contributed by atoms with van der Waals surface area (Å²) in [5, 5.41) is 12.4. The summed E-state index contributed by atoms with van der Waals surface area (Å²) in [5.41, 5.74) is 3.80. The Bertz CT molecular complexity index is 1220. The third kappa shape index (κ3) is 5.44. The molecule has 7 heteroatoms. The summed E-state index contributed by atoms with van der Waals surface area (Å²) in [5.74, 6) is -0.498. The molecule has 32 heavy (non-hydrogen) atoms. The molecule has 6 nitrogen and oxygen atoms in total. The highest BCUT2D eigenvalue weighted by atomic mass is 32.2. The average molecular weight is 445 g/mol. The Morgan fingerprint density at radius 3 is 2.56 bits per heavy atom. The van der Waals surface area contributed by atoms with Crippen molar-refractivity contribution >= 4 is 40.6 Å². The molecule has 0 spiro atoms. The van der Waals surface area contributed by atoms with Crippen LogP contribution in [0.4, 0.5) is 5.69 Å². The zero-order valence-corrected chi connectivity index (χ0v) is 18.1. The largest absolute Gasteiger partial charge is 0.489 e. The number of nitrogens with one attached hydrogen (secondary N) is 1. The summed E-state index contributed by atoms with van der Waals surface area (Å²) in [4.78, 5) is 28.4. The fraction of sp³-hybridized carbons (Fsp3) is 0.0800. The number of benzene rings is 3. The summed E-state index contributed by atoms with van der Waals surface area (Å²) < 4.78 is 5.75. The lowest BCUT2D eigenvalue weighted by Crippen LogP contribution is -2.19. The highest BCUT2D eigenvalue weighted by Crippen LogP contribution is 2.28. The summed E-state index contributed by atoms with van der Waals surface area (Å²) in [6.07, 6.45) is 1.80. The van der Waals surface area contributed by atoms with Gasteiger partial charge in [-0.25, -0.2) is 9.79 Å². The molecule has 0 unspecified atom stereocenters. The fourth-order valence-electron chi connectivity index (χ4n) is 2.99. The minimum absolute atomic E-state index is 0.181. The van der Waals surface area contributed by atoms with E-state index in [1.54, 1.807) is 24.3 Å². The number of aryl methyl sites for hydroxylation is 1. The van der Waals surface area contributed by atoms with Crippen LogP contribution in [0.25, 0.3) is 6.08 Å². The lowest BCUT2D eigenvalue weighted by molar-refractivity contribution is -0.115. The SMILES string of the molecule is Cc1ccc(N=C2NC(=O)/C(=C/c3ccc(OCc4cccc(C(=O)O)c4)cc3)S2)cc1. The van der Waals surface area contributed by atoms with E-state index in [1.807, 2.05) is 61.5 Å². The quantitative estimate of drug-likeness (QED) is 0.513. The number of carbonyl (C=O) groups is 2. The predicted octanol–water partition coefficient (Wildman–Crippen LogP) is 5.16. The first-order valence-electron chi connectivity index (χ1n) is 9.88. The molecule has 0 atom stereocenters. The number of aliphatic imine (C=N–C) groups is 1. The number of rotatable bonds is 6. The molecule has 0 saturated carbocycles. The summed E-state index contributed by atoms with van der Waals surface area (Å²) >= 11 is 1.30. The van der Waals surface area contributed by atoms with Crippen molar-refractivity contribution in [3.63, 3.8) is 0 Å². The molecule has 4 rings (SSSR count). The Morgan fingerprint density at radius 1 is 1.09 bits per heavy atom. The Morgan fingerprint density at radius 2 is 1.84 bits per heavy atom. The number of carboxylic acids is 1. The highest BCUT2D eigenvalue weighted by Gasteiger charge is 2.23. The average Bonchev–Trinajstić information content (AvgIpc) is 3.13. The monoisotopic (exact) mass is 444 g/mol. The van der Waals surface area contributed by atoms with Crippen LogP contribution in [0.1, 0.15) is 27.0 Å². The normalized spacial score (nSPS) is 15.7. The molecule has 2 N–H and O–H groups in total. The number of amidine groups is 1. The van der Waals surface area contributed by atoms with E-state index in [0.29, 0.717) is 15.8 Å². The molecule has 0 bridgehead atoms. The highest BCUT2D eigenvalue weighted by molar-refractivity contribution is 8.18. The second-order valence-electron chi connectivity index (χ2n) is 7.18. The maximum Gasteiger partial charge on any atom is 0.335 e. The van der Waals surface area contributed by atoms with Crippen LogP contribution in [0.3, 0.4) is 0 Å². The van der Waals surface area contributed by atoms with Gasteiger partial charge in [-0.2, -0.15) is 0 Å². The molecule has 1 heterocycles. The van der Waals surface area contributed by atoms with Crippen molar-refractivity contribution in [2.24, 2.45) is 4.99 Å².